The fourth-order valence-electron chi connectivity index (χ4n) is 7.83. The molecule has 0 aliphatic carbocycles. The van der Waals surface area contributed by atoms with E-state index in [-0.39, 0.29) is 0 Å². The van der Waals surface area contributed by atoms with Crippen molar-refractivity contribution in [1.82, 2.24) is 9.97 Å². The fraction of sp³-hybridized carbons (Fsp3) is 0. The molecule has 0 saturated carbocycles. The number of nitrogens with zero attached hydrogens (tertiary/aromatic N) is 2. The van der Waals surface area contributed by atoms with Crippen molar-refractivity contribution in [2.24, 2.45) is 0 Å². The van der Waals surface area contributed by atoms with Gasteiger partial charge in [-0.15, -0.1) is 11.3 Å². The molecule has 3 heterocycles. The first-order chi connectivity index (χ1) is 25.8. The van der Waals surface area contributed by atoms with Gasteiger partial charge in [-0.25, -0.2) is 9.97 Å². The molecule has 11 aromatic rings. The summed E-state index contributed by atoms with van der Waals surface area (Å²) in [7, 11) is 0. The molecule has 11 rings (SSSR count). The number of aromatic nitrogens is 2. The lowest BCUT2D eigenvalue weighted by atomic mass is 9.93. The van der Waals surface area contributed by atoms with E-state index >= 15 is 0 Å². The van der Waals surface area contributed by atoms with Crippen molar-refractivity contribution in [2.75, 3.05) is 0 Å². The lowest BCUT2D eigenvalue weighted by molar-refractivity contribution is 0.669. The largest absolute Gasteiger partial charge is 0.456 e. The Bertz CT molecular complexity index is 3180. The molecule has 0 aliphatic rings. The fourth-order valence-corrected chi connectivity index (χ4v) is 8.97. The van der Waals surface area contributed by atoms with E-state index in [1.165, 1.54) is 37.4 Å². The minimum Gasteiger partial charge on any atom is -0.456 e. The lowest BCUT2D eigenvalue weighted by Crippen LogP contribution is -1.94. The molecule has 3 nitrogen and oxygen atoms in total. The Balaban J connectivity index is 1.12. The second-order valence-electron chi connectivity index (χ2n) is 13.3. The maximum absolute atomic E-state index is 6.68. The van der Waals surface area contributed by atoms with E-state index in [1.54, 1.807) is 11.3 Å². The number of fused-ring (bicyclic) bond motifs is 9. The molecule has 0 fully saturated rings. The Labute approximate surface area is 303 Å². The van der Waals surface area contributed by atoms with Crippen LogP contribution in [0.1, 0.15) is 0 Å². The zero-order valence-electron chi connectivity index (χ0n) is 27.9. The van der Waals surface area contributed by atoms with Gasteiger partial charge < -0.3 is 4.42 Å². The number of rotatable bonds is 4. The molecule has 242 valence electrons. The van der Waals surface area contributed by atoms with Crippen LogP contribution in [0.5, 0.6) is 0 Å². The van der Waals surface area contributed by atoms with Crippen LogP contribution in [-0.2, 0) is 0 Å². The Morgan fingerprint density at radius 1 is 0.423 bits per heavy atom. The summed E-state index contributed by atoms with van der Waals surface area (Å²) in [6, 6.07) is 60.1. The monoisotopic (exact) mass is 680 g/mol. The SMILES string of the molecule is c1ccc(-c2ccc(-c3nc(-c4cccc5oc6cc(-c7cc8ccccc8c8ccccc78)ccc6c45)c4sc5ccccc5c4n3)cc2)cc1. The zero-order chi connectivity index (χ0) is 34.2. The standard InChI is InChI=1S/C48H28N2OS/c1-2-11-29(12-3-1)30-21-23-31(24-22-30)48-49-45-38-17-8-9-20-43(38)52-47(45)46(50-48)39-18-10-19-41-44(39)37-26-25-33(28-42(37)51-41)40-27-32-13-4-5-14-34(32)35-15-6-7-16-36(35)40/h1-28H. The van der Waals surface area contributed by atoms with Crippen molar-refractivity contribution in [3.8, 4) is 44.9 Å². The highest BCUT2D eigenvalue weighted by molar-refractivity contribution is 7.26. The molecular formula is C48H28N2OS. The summed E-state index contributed by atoms with van der Waals surface area (Å²) in [5, 5.41) is 8.25. The van der Waals surface area contributed by atoms with E-state index in [9.17, 15) is 0 Å². The number of hydrogen-bond acceptors (Lipinski definition) is 4. The highest BCUT2D eigenvalue weighted by atomic mass is 32.1. The highest BCUT2D eigenvalue weighted by Crippen LogP contribution is 2.44. The molecule has 0 bridgehead atoms. The van der Waals surface area contributed by atoms with Gasteiger partial charge >= 0.3 is 0 Å². The van der Waals surface area contributed by atoms with Crippen LogP contribution in [0, 0.1) is 0 Å². The van der Waals surface area contributed by atoms with Crippen molar-refractivity contribution in [2.45, 2.75) is 0 Å². The average Bonchev–Trinajstić information content (AvgIpc) is 3.79. The number of benzene rings is 8. The van der Waals surface area contributed by atoms with Crippen molar-refractivity contribution in [3.63, 3.8) is 0 Å². The topological polar surface area (TPSA) is 38.9 Å². The summed E-state index contributed by atoms with van der Waals surface area (Å²) in [6.07, 6.45) is 0. The van der Waals surface area contributed by atoms with Crippen LogP contribution >= 0.6 is 11.3 Å². The first kappa shape index (κ1) is 29.1. The second-order valence-corrected chi connectivity index (χ2v) is 14.3. The Morgan fingerprint density at radius 3 is 1.98 bits per heavy atom. The van der Waals surface area contributed by atoms with E-state index in [1.807, 2.05) is 6.07 Å². The van der Waals surface area contributed by atoms with Crippen LogP contribution in [0.15, 0.2) is 174 Å². The van der Waals surface area contributed by atoms with Gasteiger partial charge in [-0.1, -0.05) is 140 Å². The van der Waals surface area contributed by atoms with E-state index in [4.69, 9.17) is 14.4 Å². The van der Waals surface area contributed by atoms with Crippen LogP contribution in [-0.4, -0.2) is 9.97 Å². The molecule has 8 aromatic carbocycles. The average molecular weight is 681 g/mol. The van der Waals surface area contributed by atoms with E-state index in [0.717, 1.165) is 65.5 Å². The second kappa shape index (κ2) is 11.5. The molecule has 0 amide bonds. The van der Waals surface area contributed by atoms with E-state index < -0.39 is 0 Å². The minimum atomic E-state index is 0.709. The Morgan fingerprint density at radius 2 is 1.12 bits per heavy atom. The number of furan rings is 1. The van der Waals surface area contributed by atoms with Gasteiger partial charge in [0.05, 0.1) is 15.9 Å². The summed E-state index contributed by atoms with van der Waals surface area (Å²) < 4.78 is 8.95. The van der Waals surface area contributed by atoms with E-state index in [2.05, 4.69) is 164 Å². The molecule has 52 heavy (non-hydrogen) atoms. The van der Waals surface area contributed by atoms with Crippen LogP contribution < -0.4 is 0 Å². The molecule has 0 spiro atoms. The van der Waals surface area contributed by atoms with Gasteiger partial charge in [-0.3, -0.25) is 0 Å². The van der Waals surface area contributed by atoms with Gasteiger partial charge in [0.15, 0.2) is 5.82 Å². The van der Waals surface area contributed by atoms with Gasteiger partial charge in [0.25, 0.3) is 0 Å². The molecule has 0 saturated heterocycles. The molecule has 0 atom stereocenters. The van der Waals surface area contributed by atoms with Gasteiger partial charge in [-0.05, 0) is 74.1 Å². The summed E-state index contributed by atoms with van der Waals surface area (Å²) in [5.41, 5.74) is 10.3. The molecule has 3 aromatic heterocycles. The lowest BCUT2D eigenvalue weighted by Gasteiger charge is -2.11. The predicted octanol–water partition coefficient (Wildman–Crippen LogP) is 13.7. The maximum atomic E-state index is 6.68. The molecule has 4 heteroatoms. The highest BCUT2D eigenvalue weighted by Gasteiger charge is 2.21. The molecule has 0 aliphatic heterocycles. The minimum absolute atomic E-state index is 0.709. The van der Waals surface area contributed by atoms with Crippen molar-refractivity contribution in [3.05, 3.63) is 170 Å². The maximum Gasteiger partial charge on any atom is 0.160 e. The van der Waals surface area contributed by atoms with E-state index in [0.29, 0.717) is 5.82 Å². The Hall–Kier alpha value is -6.62. The molecule has 0 unspecified atom stereocenters. The van der Waals surface area contributed by atoms with Crippen molar-refractivity contribution >= 4 is 75.1 Å². The normalized spacial score (nSPS) is 11.8. The van der Waals surface area contributed by atoms with Gasteiger partial charge in [0.1, 0.15) is 11.2 Å². The van der Waals surface area contributed by atoms with Crippen LogP contribution in [0.25, 0.3) is 109 Å². The van der Waals surface area contributed by atoms with Crippen LogP contribution in [0.3, 0.4) is 0 Å². The molecule has 0 N–H and O–H groups in total. The number of hydrogen-bond donors (Lipinski definition) is 0. The summed E-state index contributed by atoms with van der Waals surface area (Å²) >= 11 is 1.75. The summed E-state index contributed by atoms with van der Waals surface area (Å²) in [5.74, 6) is 0.709. The first-order valence-corrected chi connectivity index (χ1v) is 18.3. The Kier molecular flexibility index (Phi) is 6.42. The third-order valence-corrected chi connectivity index (χ3v) is 11.5. The molecular weight excluding hydrogens is 653 g/mol. The third-order valence-electron chi connectivity index (χ3n) is 10.3. The van der Waals surface area contributed by atoms with Gasteiger partial charge in [0, 0.05) is 32.0 Å². The number of thiophene rings is 1. The summed E-state index contributed by atoms with van der Waals surface area (Å²) in [4.78, 5) is 10.6. The van der Waals surface area contributed by atoms with Crippen molar-refractivity contribution in [1.29, 1.82) is 0 Å². The predicted molar refractivity (Wildman–Crippen MR) is 219 cm³/mol. The van der Waals surface area contributed by atoms with Gasteiger partial charge in [0.2, 0.25) is 0 Å². The smallest absolute Gasteiger partial charge is 0.160 e. The van der Waals surface area contributed by atoms with Crippen molar-refractivity contribution < 1.29 is 4.42 Å². The quantitative estimate of drug-likeness (QED) is 0.174. The van der Waals surface area contributed by atoms with Crippen LogP contribution in [0.4, 0.5) is 0 Å². The third kappa shape index (κ3) is 4.51. The first-order valence-electron chi connectivity index (χ1n) is 17.5. The van der Waals surface area contributed by atoms with Gasteiger partial charge in [-0.2, -0.15) is 0 Å². The van der Waals surface area contributed by atoms with Crippen LogP contribution in [0.2, 0.25) is 0 Å². The zero-order valence-corrected chi connectivity index (χ0v) is 28.7. The summed E-state index contributed by atoms with van der Waals surface area (Å²) in [6.45, 7) is 0. The molecule has 0 radical (unpaired) electrons.